The number of hydrogen-bond acceptors (Lipinski definition) is 4. The van der Waals surface area contributed by atoms with Gasteiger partial charge in [0.25, 0.3) is 0 Å². The molecule has 2 N–H and O–H groups in total. The maximum absolute atomic E-state index is 12.9. The number of alkyl halides is 3. The van der Waals surface area contributed by atoms with E-state index in [1.807, 2.05) is 6.07 Å². The van der Waals surface area contributed by atoms with E-state index in [1.165, 1.54) is 24.4 Å². The number of benzene rings is 1. The van der Waals surface area contributed by atoms with Gasteiger partial charge in [-0.2, -0.15) is 18.4 Å². The molecule has 1 aromatic carbocycles. The lowest BCUT2D eigenvalue weighted by molar-refractivity contribution is -0.139. The summed E-state index contributed by atoms with van der Waals surface area (Å²) in [5, 5.41) is 8.71. The molecule has 0 atom stereocenters. The summed E-state index contributed by atoms with van der Waals surface area (Å²) in [6.45, 7) is -0.107. The van der Waals surface area contributed by atoms with E-state index < -0.39 is 11.7 Å². The van der Waals surface area contributed by atoms with Gasteiger partial charge in [0.15, 0.2) is 0 Å². The van der Waals surface area contributed by atoms with E-state index in [1.54, 1.807) is 6.07 Å². The van der Waals surface area contributed by atoms with Crippen molar-refractivity contribution in [3.63, 3.8) is 0 Å². The zero-order valence-corrected chi connectivity index (χ0v) is 10.7. The fourth-order valence-corrected chi connectivity index (χ4v) is 1.68. The molecule has 0 unspecified atom stereocenters. The second-order valence-corrected chi connectivity index (χ2v) is 4.20. The molecule has 108 valence electrons. The maximum atomic E-state index is 12.9. The van der Waals surface area contributed by atoms with Crippen molar-refractivity contribution in [1.29, 1.82) is 5.26 Å². The first-order valence-corrected chi connectivity index (χ1v) is 5.84. The molecule has 2 aromatic rings. The molecule has 1 heterocycles. The van der Waals surface area contributed by atoms with Crippen molar-refractivity contribution >= 4 is 5.69 Å². The van der Waals surface area contributed by atoms with Gasteiger partial charge < -0.3 is 10.5 Å². The van der Waals surface area contributed by atoms with Crippen LogP contribution in [0.3, 0.4) is 0 Å². The third-order valence-electron chi connectivity index (χ3n) is 2.64. The molecule has 0 aliphatic heterocycles. The molecule has 21 heavy (non-hydrogen) atoms. The molecule has 0 spiro atoms. The summed E-state index contributed by atoms with van der Waals surface area (Å²) >= 11 is 0. The van der Waals surface area contributed by atoms with Crippen LogP contribution in [-0.2, 0) is 12.8 Å². The van der Waals surface area contributed by atoms with E-state index in [0.29, 0.717) is 5.56 Å². The first kappa shape index (κ1) is 14.7. The Hall–Kier alpha value is -2.75. The van der Waals surface area contributed by atoms with Crippen LogP contribution < -0.4 is 10.5 Å². The van der Waals surface area contributed by atoms with Crippen molar-refractivity contribution in [2.75, 3.05) is 5.73 Å². The summed E-state index contributed by atoms with van der Waals surface area (Å²) in [5.41, 5.74) is 5.16. The van der Waals surface area contributed by atoms with Crippen molar-refractivity contribution < 1.29 is 17.9 Å². The Morgan fingerprint density at radius 2 is 2.00 bits per heavy atom. The topological polar surface area (TPSA) is 71.9 Å². The van der Waals surface area contributed by atoms with E-state index in [2.05, 4.69) is 4.98 Å². The number of hydrogen-bond donors (Lipinski definition) is 1. The number of ether oxygens (including phenoxy) is 1. The molecule has 0 amide bonds. The van der Waals surface area contributed by atoms with Gasteiger partial charge in [-0.15, -0.1) is 0 Å². The summed E-state index contributed by atoms with van der Waals surface area (Å²) in [4.78, 5) is 3.77. The van der Waals surface area contributed by atoms with Gasteiger partial charge in [-0.3, -0.25) is 0 Å². The molecule has 0 aliphatic rings. The molecule has 2 rings (SSSR count). The predicted molar refractivity (Wildman–Crippen MR) is 69.1 cm³/mol. The number of anilines is 1. The Bertz CT molecular complexity index is 693. The number of halogens is 3. The van der Waals surface area contributed by atoms with Crippen LogP contribution in [0.15, 0.2) is 36.5 Å². The van der Waals surface area contributed by atoms with Gasteiger partial charge in [0.05, 0.1) is 5.56 Å². The van der Waals surface area contributed by atoms with E-state index in [-0.39, 0.29) is 23.7 Å². The molecule has 0 radical (unpaired) electrons. The summed E-state index contributed by atoms with van der Waals surface area (Å²) in [5.74, 6) is -0.313. The molecule has 1 aromatic heterocycles. The lowest BCUT2D eigenvalue weighted by Crippen LogP contribution is -2.09. The summed E-state index contributed by atoms with van der Waals surface area (Å²) < 4.78 is 43.8. The minimum atomic E-state index is -4.55. The highest BCUT2D eigenvalue weighted by Crippen LogP contribution is 2.37. The zero-order valence-electron chi connectivity index (χ0n) is 10.7. The smallest absolute Gasteiger partial charge is 0.420 e. The highest BCUT2D eigenvalue weighted by Gasteiger charge is 2.34. The second-order valence-electron chi connectivity index (χ2n) is 4.20. The molecule has 0 fully saturated rings. The summed E-state index contributed by atoms with van der Waals surface area (Å²) in [6.07, 6.45) is -3.16. The normalized spacial score (nSPS) is 11.0. The molecule has 0 saturated heterocycles. The van der Waals surface area contributed by atoms with E-state index in [4.69, 9.17) is 15.7 Å². The molecule has 7 heteroatoms. The molecule has 0 bridgehead atoms. The number of nitrogen functional groups attached to an aromatic ring is 1. The lowest BCUT2D eigenvalue weighted by Gasteiger charge is -2.14. The van der Waals surface area contributed by atoms with Gasteiger partial charge >= 0.3 is 6.18 Å². The zero-order chi connectivity index (χ0) is 15.5. The van der Waals surface area contributed by atoms with E-state index in [9.17, 15) is 13.2 Å². The standard InChI is InChI=1S/C14H10F3N3O/c15-14(16,17)12-6-10(19)1-2-13(12)21-8-9-3-4-20-11(5-9)7-18/h1-6H,8,19H2. The fraction of sp³-hybridized carbons (Fsp3) is 0.143. The van der Waals surface area contributed by atoms with E-state index in [0.717, 1.165) is 6.07 Å². The SMILES string of the molecule is N#Cc1cc(COc2ccc(N)cc2C(F)(F)F)ccn1. The van der Waals surface area contributed by atoms with Crippen LogP contribution in [0.1, 0.15) is 16.8 Å². The Labute approximate surface area is 118 Å². The molecule has 4 nitrogen and oxygen atoms in total. The Balaban J connectivity index is 2.22. The Kier molecular flexibility index (Phi) is 3.98. The number of nitrogens with zero attached hydrogens (tertiary/aromatic N) is 2. The third-order valence-corrected chi connectivity index (χ3v) is 2.64. The lowest BCUT2D eigenvalue weighted by atomic mass is 10.1. The first-order valence-electron chi connectivity index (χ1n) is 5.84. The van der Waals surface area contributed by atoms with Crippen molar-refractivity contribution in [3.05, 3.63) is 53.3 Å². The van der Waals surface area contributed by atoms with Crippen LogP contribution in [0.5, 0.6) is 5.75 Å². The van der Waals surface area contributed by atoms with Crippen LogP contribution in [0.2, 0.25) is 0 Å². The van der Waals surface area contributed by atoms with Gasteiger partial charge in [-0.05, 0) is 35.9 Å². The maximum Gasteiger partial charge on any atom is 0.420 e. The van der Waals surface area contributed by atoms with Crippen LogP contribution in [0.25, 0.3) is 0 Å². The Morgan fingerprint density at radius 3 is 2.67 bits per heavy atom. The Morgan fingerprint density at radius 1 is 1.24 bits per heavy atom. The highest BCUT2D eigenvalue weighted by molar-refractivity contribution is 5.49. The highest BCUT2D eigenvalue weighted by atomic mass is 19.4. The van der Waals surface area contributed by atoms with Crippen LogP contribution >= 0.6 is 0 Å². The summed E-state index contributed by atoms with van der Waals surface area (Å²) in [7, 11) is 0. The van der Waals surface area contributed by atoms with Gasteiger partial charge in [-0.1, -0.05) is 0 Å². The predicted octanol–water partition coefficient (Wildman–Crippen LogP) is 3.13. The van der Waals surface area contributed by atoms with Crippen molar-refractivity contribution in [2.24, 2.45) is 0 Å². The van der Waals surface area contributed by atoms with Gasteiger partial charge in [0.2, 0.25) is 0 Å². The molecule has 0 saturated carbocycles. The van der Waals surface area contributed by atoms with Gasteiger partial charge in [-0.25, -0.2) is 4.98 Å². The minimum absolute atomic E-state index is 0.00496. The number of nitrogens with two attached hydrogens (primary N) is 1. The fourth-order valence-electron chi connectivity index (χ4n) is 1.68. The quantitative estimate of drug-likeness (QED) is 0.882. The van der Waals surface area contributed by atoms with Crippen molar-refractivity contribution in [1.82, 2.24) is 4.98 Å². The number of rotatable bonds is 3. The number of nitriles is 1. The minimum Gasteiger partial charge on any atom is -0.488 e. The molecular formula is C14H10F3N3O. The number of pyridine rings is 1. The van der Waals surface area contributed by atoms with Gasteiger partial charge in [0.1, 0.15) is 24.1 Å². The number of aromatic nitrogens is 1. The summed E-state index contributed by atoms with van der Waals surface area (Å²) in [6, 6.07) is 8.18. The first-order chi connectivity index (χ1) is 9.90. The van der Waals surface area contributed by atoms with Crippen LogP contribution in [0.4, 0.5) is 18.9 Å². The monoisotopic (exact) mass is 293 g/mol. The second kappa shape index (κ2) is 5.71. The van der Waals surface area contributed by atoms with Crippen molar-refractivity contribution in [2.45, 2.75) is 12.8 Å². The third kappa shape index (κ3) is 3.63. The average molecular weight is 293 g/mol. The average Bonchev–Trinajstić information content (AvgIpc) is 2.45. The molecule has 0 aliphatic carbocycles. The van der Waals surface area contributed by atoms with E-state index >= 15 is 0 Å². The van der Waals surface area contributed by atoms with Gasteiger partial charge in [0, 0.05) is 11.9 Å². The molecular weight excluding hydrogens is 283 g/mol. The largest absolute Gasteiger partial charge is 0.488 e. The van der Waals surface area contributed by atoms with Crippen LogP contribution in [0, 0.1) is 11.3 Å². The van der Waals surface area contributed by atoms with Crippen molar-refractivity contribution in [3.8, 4) is 11.8 Å². The van der Waals surface area contributed by atoms with Crippen LogP contribution in [-0.4, -0.2) is 4.98 Å².